The number of methoxy groups -OCH3 is 3. The Kier molecular flexibility index (Phi) is 12.5. The van der Waals surface area contributed by atoms with Crippen molar-refractivity contribution in [1.29, 1.82) is 0 Å². The summed E-state index contributed by atoms with van der Waals surface area (Å²) in [5.74, 6) is -0.506. The number of carbonyl (C=O) groups excluding carboxylic acids is 1. The molecule has 1 saturated heterocycles. The molecule has 4 aromatic rings. The van der Waals surface area contributed by atoms with Crippen LogP contribution in [0.5, 0.6) is 17.2 Å². The Hall–Kier alpha value is -5.11. The summed E-state index contributed by atoms with van der Waals surface area (Å²) in [5, 5.41) is 0. The number of aliphatic imine (C=N–C) groups is 1. The fourth-order valence-electron chi connectivity index (χ4n) is 5.23. The molecule has 1 aliphatic rings. The lowest BCUT2D eigenvalue weighted by molar-refractivity contribution is -0.298. The average Bonchev–Trinajstić information content (AvgIpc) is 3.14. The topological polar surface area (TPSA) is 103 Å². The molecule has 0 unspecified atom stereocenters. The Bertz CT molecular complexity index is 1720. The Morgan fingerprint density at radius 1 is 0.667 bits per heavy atom. The highest BCUT2D eigenvalue weighted by Gasteiger charge is 2.52. The SMILES string of the molecule is COc1ccc(CO[C@@H]2[C@@H](OC(=O)c3ccc(OC)cc3)[C@H](C)O[C@@H](OC(=Nc3ccccc3)C(F)(F)F)[C@@H]2OCc2ccc(OC)cc2)cc1. The Balaban J connectivity index is 1.51. The molecule has 270 valence electrons. The lowest BCUT2D eigenvalue weighted by Crippen LogP contribution is -2.61. The number of benzene rings is 4. The minimum Gasteiger partial charge on any atom is -0.497 e. The zero-order valence-corrected chi connectivity index (χ0v) is 28.4. The van der Waals surface area contributed by atoms with Crippen LogP contribution in [0.3, 0.4) is 0 Å². The van der Waals surface area contributed by atoms with Crippen LogP contribution in [0.25, 0.3) is 0 Å². The van der Waals surface area contributed by atoms with E-state index in [0.29, 0.717) is 28.4 Å². The van der Waals surface area contributed by atoms with Crippen LogP contribution in [-0.2, 0) is 36.9 Å². The van der Waals surface area contributed by atoms with Crippen molar-refractivity contribution >= 4 is 17.6 Å². The Labute approximate surface area is 293 Å². The third-order valence-corrected chi connectivity index (χ3v) is 7.96. The van der Waals surface area contributed by atoms with E-state index in [9.17, 15) is 18.0 Å². The summed E-state index contributed by atoms with van der Waals surface area (Å²) >= 11 is 0. The summed E-state index contributed by atoms with van der Waals surface area (Å²) < 4.78 is 89.3. The van der Waals surface area contributed by atoms with Gasteiger partial charge in [-0.3, -0.25) is 0 Å². The number of ether oxygens (including phenoxy) is 8. The summed E-state index contributed by atoms with van der Waals surface area (Å²) in [7, 11) is 4.57. The maximum atomic E-state index is 14.4. The van der Waals surface area contributed by atoms with Gasteiger partial charge in [0, 0.05) is 0 Å². The van der Waals surface area contributed by atoms with E-state index in [1.165, 1.54) is 45.6 Å². The van der Waals surface area contributed by atoms with Gasteiger partial charge in [0.2, 0.25) is 6.29 Å². The van der Waals surface area contributed by atoms with Crippen LogP contribution in [0.1, 0.15) is 28.4 Å². The van der Waals surface area contributed by atoms with Crippen LogP contribution in [-0.4, -0.2) is 70.1 Å². The number of halogens is 3. The predicted molar refractivity (Wildman–Crippen MR) is 180 cm³/mol. The second kappa shape index (κ2) is 17.2. The van der Waals surface area contributed by atoms with Crippen LogP contribution in [0.4, 0.5) is 18.9 Å². The molecule has 51 heavy (non-hydrogen) atoms. The van der Waals surface area contributed by atoms with E-state index in [1.54, 1.807) is 85.8 Å². The third-order valence-electron chi connectivity index (χ3n) is 7.96. The number of alkyl halides is 3. The molecule has 5 rings (SSSR count). The summed E-state index contributed by atoms with van der Waals surface area (Å²) in [6.45, 7) is 1.43. The van der Waals surface area contributed by atoms with Crippen LogP contribution in [0.15, 0.2) is 108 Å². The molecule has 0 amide bonds. The summed E-state index contributed by atoms with van der Waals surface area (Å²) in [6.07, 6.45) is -11.4. The van der Waals surface area contributed by atoms with Crippen LogP contribution in [0, 0.1) is 0 Å². The molecule has 1 fully saturated rings. The van der Waals surface area contributed by atoms with E-state index in [0.717, 1.165) is 0 Å². The molecule has 0 saturated carbocycles. The molecule has 10 nitrogen and oxygen atoms in total. The van der Waals surface area contributed by atoms with Crippen molar-refractivity contribution in [2.45, 2.75) is 57.0 Å². The first kappa shape index (κ1) is 37.2. The molecule has 0 bridgehead atoms. The molecular weight excluding hydrogens is 671 g/mol. The summed E-state index contributed by atoms with van der Waals surface area (Å²) in [6, 6.07) is 27.8. The van der Waals surface area contributed by atoms with Gasteiger partial charge in [-0.15, -0.1) is 0 Å². The molecule has 4 aromatic carbocycles. The molecular formula is C38H38F3NO9. The van der Waals surface area contributed by atoms with E-state index in [1.807, 2.05) is 0 Å². The second-order valence-corrected chi connectivity index (χ2v) is 11.4. The smallest absolute Gasteiger partial charge is 0.468 e. The van der Waals surface area contributed by atoms with Crippen LogP contribution < -0.4 is 14.2 Å². The number of hydrogen-bond donors (Lipinski definition) is 0. The monoisotopic (exact) mass is 709 g/mol. The third kappa shape index (κ3) is 10.00. The van der Waals surface area contributed by atoms with Crippen molar-refractivity contribution in [3.8, 4) is 17.2 Å². The number of nitrogens with zero attached hydrogens (tertiary/aromatic N) is 1. The van der Waals surface area contributed by atoms with Gasteiger partial charge in [0.05, 0.1) is 51.9 Å². The van der Waals surface area contributed by atoms with Gasteiger partial charge in [-0.25, -0.2) is 9.79 Å². The number of hydrogen-bond acceptors (Lipinski definition) is 10. The van der Waals surface area contributed by atoms with Gasteiger partial charge in [0.25, 0.3) is 5.90 Å². The van der Waals surface area contributed by atoms with Crippen molar-refractivity contribution in [2.75, 3.05) is 21.3 Å². The molecule has 0 aliphatic carbocycles. The van der Waals surface area contributed by atoms with E-state index in [-0.39, 0.29) is 24.5 Å². The quantitative estimate of drug-likeness (QED) is 0.0795. The normalized spacial score (nSPS) is 20.7. The maximum Gasteiger partial charge on any atom is 0.468 e. The average molecular weight is 710 g/mol. The maximum absolute atomic E-state index is 14.4. The first-order chi connectivity index (χ1) is 24.6. The number of esters is 1. The van der Waals surface area contributed by atoms with Crippen molar-refractivity contribution in [3.05, 3.63) is 120 Å². The molecule has 1 aliphatic heterocycles. The number of rotatable bonds is 13. The van der Waals surface area contributed by atoms with Gasteiger partial charge in [-0.2, -0.15) is 13.2 Å². The molecule has 0 spiro atoms. The highest BCUT2D eigenvalue weighted by Crippen LogP contribution is 2.34. The van der Waals surface area contributed by atoms with Crippen LogP contribution in [0.2, 0.25) is 0 Å². The van der Waals surface area contributed by atoms with Gasteiger partial charge < -0.3 is 37.9 Å². The van der Waals surface area contributed by atoms with Crippen LogP contribution >= 0.6 is 0 Å². The first-order valence-corrected chi connectivity index (χ1v) is 15.9. The minimum absolute atomic E-state index is 0.0167. The van der Waals surface area contributed by atoms with Gasteiger partial charge in [0.15, 0.2) is 6.10 Å². The van der Waals surface area contributed by atoms with E-state index >= 15 is 0 Å². The molecule has 0 aromatic heterocycles. The zero-order valence-electron chi connectivity index (χ0n) is 28.4. The van der Waals surface area contributed by atoms with Gasteiger partial charge in [0.1, 0.15) is 29.5 Å². The van der Waals surface area contributed by atoms with E-state index in [2.05, 4.69) is 4.99 Å². The fourth-order valence-corrected chi connectivity index (χ4v) is 5.23. The highest BCUT2D eigenvalue weighted by molar-refractivity contribution is 5.89. The summed E-state index contributed by atoms with van der Waals surface area (Å²) in [5.41, 5.74) is 1.61. The van der Waals surface area contributed by atoms with Crippen molar-refractivity contribution < 1.29 is 55.9 Å². The van der Waals surface area contributed by atoms with E-state index < -0.39 is 48.7 Å². The number of carbonyl (C=O) groups is 1. The lowest BCUT2D eigenvalue weighted by atomic mass is 9.98. The molecule has 5 atom stereocenters. The van der Waals surface area contributed by atoms with E-state index in [4.69, 9.17) is 37.9 Å². The fraction of sp³-hybridized carbons (Fsp3) is 0.316. The van der Waals surface area contributed by atoms with Gasteiger partial charge in [-0.05, 0) is 78.7 Å². The Morgan fingerprint density at radius 2 is 1.16 bits per heavy atom. The minimum atomic E-state index is -5.00. The van der Waals surface area contributed by atoms with Gasteiger partial charge >= 0.3 is 12.1 Å². The van der Waals surface area contributed by atoms with Crippen molar-refractivity contribution in [1.82, 2.24) is 0 Å². The lowest BCUT2D eigenvalue weighted by Gasteiger charge is -2.44. The van der Waals surface area contributed by atoms with Crippen molar-refractivity contribution in [3.63, 3.8) is 0 Å². The standard InChI is InChI=1S/C38H38F3NO9/c1-24-32(50-35(43)27-14-20-31(46-4)21-15-27)33(47-22-25-10-16-29(44-2)17-11-25)34(48-23-26-12-18-30(45-3)19-13-26)36(49-24)51-37(38(39,40)41)42-28-8-6-5-7-9-28/h5-21,24,32-34,36H,22-23H2,1-4H3/t24-,32-,33+,34+,36-/m0/s1. The van der Waals surface area contributed by atoms with Crippen molar-refractivity contribution in [2.24, 2.45) is 4.99 Å². The molecule has 0 radical (unpaired) electrons. The molecule has 0 N–H and O–H groups in total. The summed E-state index contributed by atoms with van der Waals surface area (Å²) in [4.78, 5) is 17.2. The Morgan fingerprint density at radius 3 is 1.65 bits per heavy atom. The number of para-hydroxylation sites is 1. The predicted octanol–water partition coefficient (Wildman–Crippen LogP) is 7.46. The first-order valence-electron chi connectivity index (χ1n) is 15.9. The second-order valence-electron chi connectivity index (χ2n) is 11.4. The molecule has 13 heteroatoms. The van der Waals surface area contributed by atoms with Gasteiger partial charge in [-0.1, -0.05) is 42.5 Å². The molecule has 1 heterocycles. The highest BCUT2D eigenvalue weighted by atomic mass is 19.4. The largest absolute Gasteiger partial charge is 0.497 e. The zero-order chi connectivity index (χ0) is 36.4.